The quantitative estimate of drug-likeness (QED) is 0.811. The summed E-state index contributed by atoms with van der Waals surface area (Å²) in [5.41, 5.74) is 1.46. The molecular formula is C22H27N3O3. The second-order valence-corrected chi connectivity index (χ2v) is 7.66. The van der Waals surface area contributed by atoms with E-state index in [2.05, 4.69) is 15.6 Å². The highest BCUT2D eigenvalue weighted by Crippen LogP contribution is 2.39. The number of para-hydroxylation sites is 2. The van der Waals surface area contributed by atoms with Crippen LogP contribution < -0.4 is 15.4 Å². The molecule has 2 fully saturated rings. The predicted octanol–water partition coefficient (Wildman–Crippen LogP) is 4.27. The Morgan fingerprint density at radius 2 is 1.96 bits per heavy atom. The van der Waals surface area contributed by atoms with E-state index < -0.39 is 0 Å². The molecule has 1 spiro atoms. The summed E-state index contributed by atoms with van der Waals surface area (Å²) in [5.74, 6) is 0.620. The van der Waals surface area contributed by atoms with Crippen LogP contribution in [0.2, 0.25) is 0 Å². The third-order valence-corrected chi connectivity index (χ3v) is 5.55. The average Bonchev–Trinajstić information content (AvgIpc) is 3.10. The van der Waals surface area contributed by atoms with Gasteiger partial charge in [0.2, 0.25) is 0 Å². The summed E-state index contributed by atoms with van der Waals surface area (Å²) < 4.78 is 11.9. The monoisotopic (exact) mass is 381 g/mol. The van der Waals surface area contributed by atoms with Gasteiger partial charge in [-0.25, -0.2) is 4.79 Å². The Bertz CT molecular complexity index is 791. The number of carbonyl (C=O) groups excluding carboxylic acids is 1. The van der Waals surface area contributed by atoms with Crippen LogP contribution in [0.15, 0.2) is 48.7 Å². The van der Waals surface area contributed by atoms with E-state index in [0.717, 1.165) is 25.0 Å². The van der Waals surface area contributed by atoms with Gasteiger partial charge in [-0.3, -0.25) is 4.98 Å². The Balaban J connectivity index is 1.32. The molecule has 1 aliphatic carbocycles. The van der Waals surface area contributed by atoms with Gasteiger partial charge in [0.15, 0.2) is 0 Å². The summed E-state index contributed by atoms with van der Waals surface area (Å²) in [5, 5.41) is 5.97. The van der Waals surface area contributed by atoms with Gasteiger partial charge in [-0.1, -0.05) is 37.5 Å². The van der Waals surface area contributed by atoms with Crippen molar-refractivity contribution < 1.29 is 14.3 Å². The first-order valence-electron chi connectivity index (χ1n) is 10.1. The van der Waals surface area contributed by atoms with Gasteiger partial charge < -0.3 is 20.1 Å². The molecule has 2 amide bonds. The van der Waals surface area contributed by atoms with E-state index in [1.54, 1.807) is 6.20 Å². The van der Waals surface area contributed by atoms with Crippen LogP contribution in [0.1, 0.15) is 44.2 Å². The first kappa shape index (κ1) is 18.7. The number of ether oxygens (including phenoxy) is 2. The van der Waals surface area contributed by atoms with E-state index in [0.29, 0.717) is 24.7 Å². The molecule has 6 heteroatoms. The predicted molar refractivity (Wildman–Crippen MR) is 107 cm³/mol. The van der Waals surface area contributed by atoms with Gasteiger partial charge in [-0.05, 0) is 43.5 Å². The van der Waals surface area contributed by atoms with Crippen LogP contribution in [0, 0.1) is 0 Å². The molecule has 1 aliphatic heterocycles. The van der Waals surface area contributed by atoms with Gasteiger partial charge in [-0.15, -0.1) is 0 Å². The van der Waals surface area contributed by atoms with Crippen LogP contribution in [-0.4, -0.2) is 29.3 Å². The number of rotatable bonds is 5. The molecule has 0 radical (unpaired) electrons. The largest absolute Gasteiger partial charge is 0.485 e. The fourth-order valence-corrected chi connectivity index (χ4v) is 4.16. The van der Waals surface area contributed by atoms with Crippen molar-refractivity contribution in [1.82, 2.24) is 10.3 Å². The Hall–Kier alpha value is -2.60. The highest BCUT2D eigenvalue weighted by Gasteiger charge is 2.41. The van der Waals surface area contributed by atoms with Crippen molar-refractivity contribution in [3.8, 4) is 5.75 Å². The van der Waals surface area contributed by atoms with Gasteiger partial charge in [0, 0.05) is 6.20 Å². The Labute approximate surface area is 165 Å². The second kappa shape index (κ2) is 8.61. The molecule has 28 heavy (non-hydrogen) atoms. The minimum atomic E-state index is -0.227. The fraction of sp³-hybridized carbons (Fsp3) is 0.455. The lowest BCUT2D eigenvalue weighted by Gasteiger charge is -2.32. The summed E-state index contributed by atoms with van der Waals surface area (Å²) in [4.78, 5) is 16.8. The van der Waals surface area contributed by atoms with Crippen molar-refractivity contribution in [2.75, 3.05) is 11.9 Å². The molecule has 2 aliphatic rings. The lowest BCUT2D eigenvalue weighted by atomic mass is 9.82. The summed E-state index contributed by atoms with van der Waals surface area (Å²) in [6.45, 7) is 0.936. The fourth-order valence-electron chi connectivity index (χ4n) is 4.16. The Morgan fingerprint density at radius 3 is 2.79 bits per heavy atom. The summed E-state index contributed by atoms with van der Waals surface area (Å²) in [7, 11) is 0. The molecule has 1 saturated carbocycles. The zero-order valence-corrected chi connectivity index (χ0v) is 16.0. The number of hydrogen-bond donors (Lipinski definition) is 2. The topological polar surface area (TPSA) is 72.5 Å². The summed E-state index contributed by atoms with van der Waals surface area (Å²) in [6, 6.07) is 13.0. The van der Waals surface area contributed by atoms with Crippen LogP contribution in [0.3, 0.4) is 0 Å². The van der Waals surface area contributed by atoms with E-state index >= 15 is 0 Å². The van der Waals surface area contributed by atoms with Gasteiger partial charge in [0.25, 0.3) is 0 Å². The molecule has 2 N–H and O–H groups in total. The molecule has 1 atom stereocenters. The molecule has 6 nitrogen and oxygen atoms in total. The third-order valence-electron chi connectivity index (χ3n) is 5.55. The maximum absolute atomic E-state index is 12.5. The van der Waals surface area contributed by atoms with Crippen molar-refractivity contribution in [1.29, 1.82) is 0 Å². The lowest BCUT2D eigenvalue weighted by molar-refractivity contribution is -0.0245. The van der Waals surface area contributed by atoms with Crippen molar-refractivity contribution in [2.24, 2.45) is 0 Å². The maximum Gasteiger partial charge on any atom is 0.319 e. The number of nitrogens with one attached hydrogen (secondary N) is 2. The van der Waals surface area contributed by atoms with E-state index in [-0.39, 0.29) is 17.7 Å². The van der Waals surface area contributed by atoms with Gasteiger partial charge in [-0.2, -0.15) is 0 Å². The number of carbonyl (C=O) groups is 1. The zero-order chi connectivity index (χ0) is 19.2. The Kier molecular flexibility index (Phi) is 5.76. The van der Waals surface area contributed by atoms with Crippen LogP contribution in [-0.2, 0) is 11.3 Å². The lowest BCUT2D eigenvalue weighted by Crippen LogP contribution is -2.39. The number of nitrogens with zero attached hydrogens (tertiary/aromatic N) is 1. The number of aromatic nitrogens is 1. The highest BCUT2D eigenvalue weighted by molar-refractivity contribution is 5.91. The first-order chi connectivity index (χ1) is 13.7. The number of hydrogen-bond acceptors (Lipinski definition) is 4. The van der Waals surface area contributed by atoms with Crippen LogP contribution >= 0.6 is 0 Å². The average molecular weight is 381 g/mol. The normalized spacial score (nSPS) is 20.6. The SMILES string of the molecule is O=C(Nc1ccccc1OCc1ccccn1)N[C@H]1COC2(CCCCC2)C1. The number of pyridine rings is 1. The first-order valence-corrected chi connectivity index (χ1v) is 10.1. The van der Waals surface area contributed by atoms with E-state index in [1.807, 2.05) is 42.5 Å². The van der Waals surface area contributed by atoms with Crippen molar-refractivity contribution in [2.45, 2.75) is 56.8 Å². The Morgan fingerprint density at radius 1 is 1.14 bits per heavy atom. The van der Waals surface area contributed by atoms with E-state index in [1.165, 1.54) is 19.3 Å². The highest BCUT2D eigenvalue weighted by atomic mass is 16.5. The molecule has 0 bridgehead atoms. The van der Waals surface area contributed by atoms with Crippen LogP contribution in [0.25, 0.3) is 0 Å². The molecule has 2 heterocycles. The van der Waals surface area contributed by atoms with Crippen molar-refractivity contribution in [3.63, 3.8) is 0 Å². The zero-order valence-electron chi connectivity index (χ0n) is 16.0. The van der Waals surface area contributed by atoms with Gasteiger partial charge in [0.05, 0.1) is 29.6 Å². The van der Waals surface area contributed by atoms with E-state index in [4.69, 9.17) is 9.47 Å². The van der Waals surface area contributed by atoms with Crippen LogP contribution in [0.5, 0.6) is 5.75 Å². The minimum absolute atomic E-state index is 0.0140. The van der Waals surface area contributed by atoms with Gasteiger partial charge >= 0.3 is 6.03 Å². The number of anilines is 1. The maximum atomic E-state index is 12.5. The summed E-state index contributed by atoms with van der Waals surface area (Å²) in [6.07, 6.45) is 8.59. The number of urea groups is 1. The molecule has 148 valence electrons. The smallest absolute Gasteiger partial charge is 0.319 e. The van der Waals surface area contributed by atoms with Crippen LogP contribution in [0.4, 0.5) is 10.5 Å². The molecule has 1 saturated heterocycles. The van der Waals surface area contributed by atoms with Crippen molar-refractivity contribution in [3.05, 3.63) is 54.4 Å². The minimum Gasteiger partial charge on any atom is -0.485 e. The molecule has 1 aromatic carbocycles. The molecule has 1 aromatic heterocycles. The number of benzene rings is 1. The van der Waals surface area contributed by atoms with Crippen molar-refractivity contribution >= 4 is 11.7 Å². The molecule has 4 rings (SSSR count). The molecule has 0 unspecified atom stereocenters. The molecule has 2 aromatic rings. The van der Waals surface area contributed by atoms with Gasteiger partial charge in [0.1, 0.15) is 12.4 Å². The second-order valence-electron chi connectivity index (χ2n) is 7.66. The molecular weight excluding hydrogens is 354 g/mol. The standard InChI is InChI=1S/C22H27N3O3/c26-21(24-18-14-22(28-16-18)11-5-1-6-12-22)25-19-9-2-3-10-20(19)27-15-17-8-4-7-13-23-17/h2-4,7-10,13,18H,1,5-6,11-12,14-16H2,(H2,24,25,26)/t18-/m1/s1. The van der Waals surface area contributed by atoms with E-state index in [9.17, 15) is 4.79 Å². The third kappa shape index (κ3) is 4.62. The summed E-state index contributed by atoms with van der Waals surface area (Å²) >= 11 is 0. The number of amides is 2.